The molecule has 4 nitrogen and oxygen atoms in total. The molecule has 0 atom stereocenters. The molecule has 0 aromatic rings. The standard InChI is InChI=1S/C10H13F3N2O2/c1-2-17-9(16)7(10(11,12)13)8(14-3-4-14)15-5-6-15/h2-6H2,1H3. The van der Waals surface area contributed by atoms with Gasteiger partial charge in [0.1, 0.15) is 5.82 Å². The molecule has 0 bridgehead atoms. The van der Waals surface area contributed by atoms with E-state index in [1.807, 2.05) is 0 Å². The Hall–Kier alpha value is -1.40. The van der Waals surface area contributed by atoms with Gasteiger partial charge < -0.3 is 14.5 Å². The fourth-order valence-electron chi connectivity index (χ4n) is 1.58. The van der Waals surface area contributed by atoms with Gasteiger partial charge in [-0.25, -0.2) is 4.79 Å². The van der Waals surface area contributed by atoms with Crippen LogP contribution in [-0.2, 0) is 9.53 Å². The van der Waals surface area contributed by atoms with E-state index in [2.05, 4.69) is 4.74 Å². The van der Waals surface area contributed by atoms with Gasteiger partial charge in [-0.3, -0.25) is 0 Å². The van der Waals surface area contributed by atoms with Gasteiger partial charge in [-0.05, 0) is 6.92 Å². The van der Waals surface area contributed by atoms with Crippen LogP contribution in [0.15, 0.2) is 11.4 Å². The second-order valence-electron chi connectivity index (χ2n) is 3.89. The molecule has 7 heteroatoms. The van der Waals surface area contributed by atoms with Gasteiger partial charge in [0, 0.05) is 26.2 Å². The summed E-state index contributed by atoms with van der Waals surface area (Å²) >= 11 is 0. The van der Waals surface area contributed by atoms with Crippen LogP contribution in [0.4, 0.5) is 13.2 Å². The lowest BCUT2D eigenvalue weighted by atomic mass is 10.2. The molecule has 2 heterocycles. The van der Waals surface area contributed by atoms with Gasteiger partial charge in [0.15, 0.2) is 5.57 Å². The summed E-state index contributed by atoms with van der Waals surface area (Å²) in [7, 11) is 0. The van der Waals surface area contributed by atoms with E-state index in [9.17, 15) is 18.0 Å². The van der Waals surface area contributed by atoms with Crippen LogP contribution in [0.25, 0.3) is 0 Å². The second-order valence-corrected chi connectivity index (χ2v) is 3.89. The summed E-state index contributed by atoms with van der Waals surface area (Å²) < 4.78 is 43.2. The Morgan fingerprint density at radius 3 is 1.94 bits per heavy atom. The Morgan fingerprint density at radius 1 is 1.18 bits per heavy atom. The predicted octanol–water partition coefficient (Wildman–Crippen LogP) is 0.955. The molecular formula is C10H13F3N2O2. The van der Waals surface area contributed by atoms with Crippen molar-refractivity contribution in [1.82, 2.24) is 9.80 Å². The van der Waals surface area contributed by atoms with Crippen molar-refractivity contribution < 1.29 is 22.7 Å². The number of esters is 1. The molecule has 0 aromatic heterocycles. The second kappa shape index (κ2) is 4.12. The van der Waals surface area contributed by atoms with E-state index < -0.39 is 17.7 Å². The average molecular weight is 250 g/mol. The first kappa shape index (κ1) is 12.1. The number of ether oxygens (including phenoxy) is 1. The minimum Gasteiger partial charge on any atom is -0.462 e. The maximum Gasteiger partial charge on any atom is 0.426 e. The number of carbonyl (C=O) groups excluding carboxylic acids is 1. The first-order valence-corrected chi connectivity index (χ1v) is 5.43. The van der Waals surface area contributed by atoms with Crippen LogP contribution in [0.1, 0.15) is 6.92 Å². The quantitative estimate of drug-likeness (QED) is 0.422. The maximum absolute atomic E-state index is 12.9. The monoisotopic (exact) mass is 250 g/mol. The first-order valence-electron chi connectivity index (χ1n) is 5.43. The van der Waals surface area contributed by atoms with E-state index in [-0.39, 0.29) is 12.4 Å². The molecule has 0 aliphatic carbocycles. The van der Waals surface area contributed by atoms with Gasteiger partial charge in [-0.1, -0.05) is 0 Å². The van der Waals surface area contributed by atoms with Gasteiger partial charge in [0.2, 0.25) is 0 Å². The molecule has 0 radical (unpaired) electrons. The third-order valence-corrected chi connectivity index (χ3v) is 2.48. The maximum atomic E-state index is 12.9. The molecule has 2 fully saturated rings. The number of nitrogens with zero attached hydrogens (tertiary/aromatic N) is 2. The van der Waals surface area contributed by atoms with Gasteiger partial charge in [0.25, 0.3) is 0 Å². The Morgan fingerprint density at radius 2 is 1.65 bits per heavy atom. The smallest absolute Gasteiger partial charge is 0.426 e. The summed E-state index contributed by atoms with van der Waals surface area (Å²) in [5.74, 6) is -1.30. The van der Waals surface area contributed by atoms with Crippen molar-refractivity contribution in [2.24, 2.45) is 0 Å². The molecule has 0 aromatic carbocycles. The zero-order valence-corrected chi connectivity index (χ0v) is 9.38. The van der Waals surface area contributed by atoms with E-state index in [1.165, 1.54) is 16.7 Å². The molecule has 0 N–H and O–H groups in total. The minimum atomic E-state index is -4.67. The van der Waals surface area contributed by atoms with Crippen molar-refractivity contribution >= 4 is 5.97 Å². The molecule has 0 unspecified atom stereocenters. The van der Waals surface area contributed by atoms with Crippen LogP contribution in [0, 0.1) is 0 Å². The van der Waals surface area contributed by atoms with Crippen molar-refractivity contribution in [2.75, 3.05) is 32.8 Å². The molecular weight excluding hydrogens is 237 g/mol. The summed E-state index contributed by atoms with van der Waals surface area (Å²) in [5, 5.41) is 0. The Bertz CT molecular complexity index is 343. The molecule has 2 aliphatic rings. The number of hydrogen-bond donors (Lipinski definition) is 0. The van der Waals surface area contributed by atoms with Crippen LogP contribution < -0.4 is 0 Å². The highest BCUT2D eigenvalue weighted by molar-refractivity contribution is 5.90. The van der Waals surface area contributed by atoms with Crippen molar-refractivity contribution in [3.8, 4) is 0 Å². The summed E-state index contributed by atoms with van der Waals surface area (Å²) in [6, 6.07) is 0. The summed E-state index contributed by atoms with van der Waals surface area (Å²) in [6.07, 6.45) is -4.67. The highest BCUT2D eigenvalue weighted by Crippen LogP contribution is 2.36. The molecule has 96 valence electrons. The third-order valence-electron chi connectivity index (χ3n) is 2.48. The topological polar surface area (TPSA) is 32.3 Å². The van der Waals surface area contributed by atoms with Gasteiger partial charge in [-0.2, -0.15) is 13.2 Å². The summed E-state index contributed by atoms with van der Waals surface area (Å²) in [4.78, 5) is 14.5. The zero-order chi connectivity index (χ0) is 12.6. The Balaban J connectivity index is 2.35. The number of rotatable bonds is 4. The number of carbonyl (C=O) groups is 1. The van der Waals surface area contributed by atoms with E-state index in [1.54, 1.807) is 0 Å². The number of alkyl halides is 3. The SMILES string of the molecule is CCOC(=O)C(=C(N1CC1)N1CC1)C(F)(F)F. The highest BCUT2D eigenvalue weighted by Gasteiger charge is 2.48. The Labute approximate surface area is 96.6 Å². The fourth-order valence-corrected chi connectivity index (χ4v) is 1.58. The van der Waals surface area contributed by atoms with Crippen LogP contribution in [0.5, 0.6) is 0 Å². The van der Waals surface area contributed by atoms with Crippen molar-refractivity contribution in [1.29, 1.82) is 0 Å². The van der Waals surface area contributed by atoms with Crippen LogP contribution >= 0.6 is 0 Å². The van der Waals surface area contributed by atoms with E-state index >= 15 is 0 Å². The normalized spacial score (nSPS) is 17.9. The Kier molecular flexibility index (Phi) is 2.92. The lowest BCUT2D eigenvalue weighted by Crippen LogP contribution is -2.28. The molecule has 0 amide bonds. The highest BCUT2D eigenvalue weighted by atomic mass is 19.4. The van der Waals surface area contributed by atoms with E-state index in [0.29, 0.717) is 26.2 Å². The number of hydrogen-bond acceptors (Lipinski definition) is 4. The lowest BCUT2D eigenvalue weighted by Gasteiger charge is -2.18. The van der Waals surface area contributed by atoms with Crippen molar-refractivity contribution in [3.05, 3.63) is 11.4 Å². The zero-order valence-electron chi connectivity index (χ0n) is 9.38. The van der Waals surface area contributed by atoms with Crippen LogP contribution in [0.2, 0.25) is 0 Å². The lowest BCUT2D eigenvalue weighted by molar-refractivity contribution is -0.151. The van der Waals surface area contributed by atoms with Crippen LogP contribution in [0.3, 0.4) is 0 Å². The van der Waals surface area contributed by atoms with Crippen molar-refractivity contribution in [3.63, 3.8) is 0 Å². The van der Waals surface area contributed by atoms with E-state index in [0.717, 1.165) is 0 Å². The molecule has 0 spiro atoms. The number of halogens is 3. The molecule has 2 rings (SSSR count). The third kappa shape index (κ3) is 2.65. The van der Waals surface area contributed by atoms with Gasteiger partial charge in [0.05, 0.1) is 6.61 Å². The average Bonchev–Trinajstić information content (AvgIpc) is 3.06. The summed E-state index contributed by atoms with van der Waals surface area (Å²) in [6.45, 7) is 3.66. The van der Waals surface area contributed by atoms with Crippen LogP contribution in [-0.4, -0.2) is 54.7 Å². The minimum absolute atomic E-state index is 0.0176. The molecule has 2 aliphatic heterocycles. The first-order chi connectivity index (χ1) is 7.95. The van der Waals surface area contributed by atoms with Crippen molar-refractivity contribution in [2.45, 2.75) is 13.1 Å². The predicted molar refractivity (Wildman–Crippen MR) is 52.9 cm³/mol. The largest absolute Gasteiger partial charge is 0.462 e. The molecule has 2 saturated heterocycles. The van der Waals surface area contributed by atoms with Gasteiger partial charge >= 0.3 is 12.1 Å². The molecule has 0 saturated carbocycles. The van der Waals surface area contributed by atoms with E-state index in [4.69, 9.17) is 0 Å². The van der Waals surface area contributed by atoms with Gasteiger partial charge in [-0.15, -0.1) is 0 Å². The summed E-state index contributed by atoms with van der Waals surface area (Å²) in [5.41, 5.74) is -1.17. The fraction of sp³-hybridized carbons (Fsp3) is 0.700. The molecule has 17 heavy (non-hydrogen) atoms.